The maximum atomic E-state index is 11.2. The van der Waals surface area contributed by atoms with Crippen molar-refractivity contribution in [3.63, 3.8) is 0 Å². The molecule has 0 saturated heterocycles. The van der Waals surface area contributed by atoms with Crippen molar-refractivity contribution in [2.45, 2.75) is 18.3 Å². The largest absolute Gasteiger partial charge is 0.507 e. The molecular formula is C18H16ClN3O5. The molecule has 1 atom stereocenters. The van der Waals surface area contributed by atoms with E-state index in [4.69, 9.17) is 16.3 Å². The highest BCUT2D eigenvalue weighted by molar-refractivity contribution is 6.20. The highest BCUT2D eigenvalue weighted by Crippen LogP contribution is 2.33. The third kappa shape index (κ3) is 3.63. The molecule has 0 spiro atoms. The van der Waals surface area contributed by atoms with E-state index in [0.29, 0.717) is 12.1 Å². The Morgan fingerprint density at radius 2 is 2.00 bits per heavy atom. The first-order valence-electron chi connectivity index (χ1n) is 7.89. The van der Waals surface area contributed by atoms with Gasteiger partial charge in [-0.05, 0) is 31.2 Å². The minimum atomic E-state index is -2.85. The average molecular weight is 390 g/mol. The molecule has 140 valence electrons. The van der Waals surface area contributed by atoms with E-state index in [0.717, 1.165) is 0 Å². The van der Waals surface area contributed by atoms with Crippen molar-refractivity contribution in [2.24, 2.45) is 0 Å². The number of pyridine rings is 1. The van der Waals surface area contributed by atoms with Gasteiger partial charge in [-0.25, -0.2) is 9.97 Å². The summed E-state index contributed by atoms with van der Waals surface area (Å²) in [5.41, 5.74) is -0.324. The predicted octanol–water partition coefficient (Wildman–Crippen LogP) is 2.26. The normalized spacial score (nSPS) is 12.6. The number of halogens is 1. The van der Waals surface area contributed by atoms with Gasteiger partial charge in [-0.1, -0.05) is 6.07 Å². The highest BCUT2D eigenvalue weighted by Gasteiger charge is 2.34. The van der Waals surface area contributed by atoms with Crippen LogP contribution in [0, 0.1) is 0 Å². The monoisotopic (exact) mass is 389 g/mol. The van der Waals surface area contributed by atoms with Crippen LogP contribution in [0.15, 0.2) is 48.9 Å². The van der Waals surface area contributed by atoms with Gasteiger partial charge in [0.05, 0.1) is 16.5 Å². The number of imidazole rings is 1. The number of rotatable bonds is 6. The van der Waals surface area contributed by atoms with E-state index in [2.05, 4.69) is 9.97 Å². The maximum Gasteiger partial charge on any atom is 0.355 e. The van der Waals surface area contributed by atoms with Gasteiger partial charge in [-0.3, -0.25) is 9.36 Å². The smallest absolute Gasteiger partial charge is 0.355 e. The summed E-state index contributed by atoms with van der Waals surface area (Å²) in [7, 11) is 0. The van der Waals surface area contributed by atoms with Gasteiger partial charge in [0.2, 0.25) is 0 Å². The molecule has 3 N–H and O–H groups in total. The van der Waals surface area contributed by atoms with Gasteiger partial charge in [0.25, 0.3) is 0 Å². The summed E-state index contributed by atoms with van der Waals surface area (Å²) in [6.45, 7) is 1.72. The second kappa shape index (κ2) is 7.36. The number of aliphatic hydroxyl groups is 2. The summed E-state index contributed by atoms with van der Waals surface area (Å²) in [5, 5.41) is 30.5. The van der Waals surface area contributed by atoms with Gasteiger partial charge in [0.15, 0.2) is 12.1 Å². The van der Waals surface area contributed by atoms with Crippen LogP contribution in [0.5, 0.6) is 11.5 Å². The number of phenols is 1. The molecule has 3 aromatic rings. The zero-order chi connectivity index (χ0) is 19.6. The first-order chi connectivity index (χ1) is 12.8. The molecule has 1 unspecified atom stereocenters. The molecule has 2 aromatic heterocycles. The Kier molecular flexibility index (Phi) is 5.13. The molecule has 0 aliphatic carbocycles. The van der Waals surface area contributed by atoms with Crippen molar-refractivity contribution in [2.75, 3.05) is 0 Å². The Hall–Kier alpha value is -2.94. The lowest BCUT2D eigenvalue weighted by atomic mass is 10.1. The van der Waals surface area contributed by atoms with Crippen LogP contribution in [-0.4, -0.2) is 36.1 Å². The molecule has 9 heteroatoms. The summed E-state index contributed by atoms with van der Waals surface area (Å²) in [5.74, 6) is -2.83. The Balaban J connectivity index is 2.08. The second-order valence-corrected chi connectivity index (χ2v) is 6.32. The molecule has 0 radical (unpaired) electrons. The molecule has 0 saturated carbocycles. The molecule has 27 heavy (non-hydrogen) atoms. The predicted molar refractivity (Wildman–Crippen MR) is 95.9 cm³/mol. The van der Waals surface area contributed by atoms with Gasteiger partial charge in [0, 0.05) is 18.6 Å². The van der Waals surface area contributed by atoms with Gasteiger partial charge in [0.1, 0.15) is 17.3 Å². The summed E-state index contributed by atoms with van der Waals surface area (Å²) in [4.78, 5) is 19.5. The van der Waals surface area contributed by atoms with Crippen molar-refractivity contribution in [3.8, 4) is 17.3 Å². The summed E-state index contributed by atoms with van der Waals surface area (Å²) in [6, 6.07) is 6.90. The minimum Gasteiger partial charge on any atom is -0.507 e. The Labute approximate surface area is 159 Å². The van der Waals surface area contributed by atoms with Crippen LogP contribution in [0.3, 0.4) is 0 Å². The van der Waals surface area contributed by atoms with E-state index in [1.165, 1.54) is 47.3 Å². The van der Waals surface area contributed by atoms with Crippen molar-refractivity contribution in [3.05, 3.63) is 65.9 Å². The number of alkyl halides is 1. The van der Waals surface area contributed by atoms with Crippen LogP contribution in [0.25, 0.3) is 5.82 Å². The van der Waals surface area contributed by atoms with Gasteiger partial charge in [-0.15, -0.1) is 11.6 Å². The Morgan fingerprint density at radius 1 is 1.22 bits per heavy atom. The van der Waals surface area contributed by atoms with Crippen LogP contribution in [0.1, 0.15) is 34.0 Å². The van der Waals surface area contributed by atoms with Crippen LogP contribution in [-0.2, 0) is 5.97 Å². The van der Waals surface area contributed by atoms with E-state index in [1.54, 1.807) is 13.1 Å². The van der Waals surface area contributed by atoms with E-state index < -0.39 is 11.4 Å². The van der Waals surface area contributed by atoms with E-state index >= 15 is 0 Å². The molecular weight excluding hydrogens is 374 g/mol. The number of hydrogen-bond acceptors (Lipinski definition) is 7. The fraction of sp³-hybridized carbons (Fsp3) is 0.167. The molecule has 3 rings (SSSR count). The highest BCUT2D eigenvalue weighted by atomic mass is 35.5. The quantitative estimate of drug-likeness (QED) is 0.336. The topological polar surface area (TPSA) is 118 Å². The molecule has 0 aliphatic heterocycles. The lowest BCUT2D eigenvalue weighted by molar-refractivity contribution is -0.304. The van der Waals surface area contributed by atoms with E-state index in [9.17, 15) is 20.1 Å². The summed E-state index contributed by atoms with van der Waals surface area (Å²) in [6.07, 6.45) is 4.89. The second-order valence-electron chi connectivity index (χ2n) is 5.66. The fourth-order valence-electron chi connectivity index (χ4n) is 2.58. The molecule has 0 amide bonds. The lowest BCUT2D eigenvalue weighted by Crippen LogP contribution is -2.34. The molecule has 0 bridgehead atoms. The van der Waals surface area contributed by atoms with Gasteiger partial charge in [-0.2, -0.15) is 0 Å². The zero-order valence-electron chi connectivity index (χ0n) is 14.2. The number of benzene rings is 1. The number of carbonyl (C=O) groups excluding carboxylic acids is 1. The average Bonchev–Trinajstić information content (AvgIpc) is 3.11. The van der Waals surface area contributed by atoms with E-state index in [1.807, 2.05) is 0 Å². The third-order valence-corrected chi connectivity index (χ3v) is 4.00. The van der Waals surface area contributed by atoms with Crippen molar-refractivity contribution in [1.29, 1.82) is 0 Å². The minimum absolute atomic E-state index is 0.109. The number of aldehydes is 1. The lowest BCUT2D eigenvalue weighted by Gasteiger charge is -2.26. The number of nitrogens with zero attached hydrogens (tertiary/aromatic N) is 3. The number of aromatic hydroxyl groups is 1. The summed E-state index contributed by atoms with van der Waals surface area (Å²) < 4.78 is 6.74. The Bertz CT molecular complexity index is 971. The summed E-state index contributed by atoms with van der Waals surface area (Å²) >= 11 is 6.12. The maximum absolute atomic E-state index is 11.2. The first-order valence-corrected chi connectivity index (χ1v) is 8.33. The molecule has 2 heterocycles. The van der Waals surface area contributed by atoms with Crippen LogP contribution in [0.4, 0.5) is 0 Å². The Morgan fingerprint density at radius 3 is 2.70 bits per heavy atom. The number of hydrogen-bond donors (Lipinski definition) is 3. The first kappa shape index (κ1) is 18.8. The van der Waals surface area contributed by atoms with Crippen LogP contribution in [0.2, 0.25) is 0 Å². The molecule has 8 nitrogen and oxygen atoms in total. The standard InChI is InChI=1S/C18H16ClN3O5/c1-11(19)16-21-8-9-22(16)17-13(4-3-7-20-17)18(25,26)27-15-6-2-5-14(24)12(15)10-23/h2-11,24-26H,1H3. The third-order valence-electron chi connectivity index (χ3n) is 3.80. The molecule has 1 aromatic carbocycles. The van der Waals surface area contributed by atoms with Gasteiger partial charge < -0.3 is 20.1 Å². The number of phenolic OH excluding ortho intramolecular Hbond substituents is 1. The van der Waals surface area contributed by atoms with Crippen molar-refractivity contribution < 1.29 is 24.9 Å². The number of carbonyl (C=O) groups is 1. The number of aromatic nitrogens is 3. The van der Waals surface area contributed by atoms with Crippen LogP contribution < -0.4 is 4.74 Å². The SMILES string of the molecule is CC(Cl)c1nccn1-c1ncccc1C(O)(O)Oc1cccc(O)c1C=O. The number of ether oxygens (including phenoxy) is 1. The zero-order valence-corrected chi connectivity index (χ0v) is 14.9. The molecule has 0 fully saturated rings. The van der Waals surface area contributed by atoms with Gasteiger partial charge >= 0.3 is 5.97 Å². The molecule has 0 aliphatic rings. The van der Waals surface area contributed by atoms with Crippen molar-refractivity contribution in [1.82, 2.24) is 14.5 Å². The van der Waals surface area contributed by atoms with E-state index in [-0.39, 0.29) is 28.4 Å². The van der Waals surface area contributed by atoms with Crippen molar-refractivity contribution >= 4 is 17.9 Å². The van der Waals surface area contributed by atoms with Crippen LogP contribution >= 0.6 is 11.6 Å². The fourth-order valence-corrected chi connectivity index (χ4v) is 2.74.